The standard InChI is InChI=1S/C17H19ClN4O4S/c1-12-11-27-17(24)21(12)5-4-16(23)20-8-6-19(7-9-20)14-3-2-13(18)10-15(14)22(25)26/h2-3,10-11H,4-9H2,1H3. The second-order valence-corrected chi connectivity index (χ2v) is 7.56. The Morgan fingerprint density at radius 3 is 2.59 bits per heavy atom. The highest BCUT2D eigenvalue weighted by Crippen LogP contribution is 2.31. The van der Waals surface area contributed by atoms with Gasteiger partial charge in [0, 0.05) is 61.3 Å². The SMILES string of the molecule is Cc1csc(=O)n1CCC(=O)N1CCN(c2ccc(Cl)cc2[N+](=O)[O-])CC1. The van der Waals surface area contributed by atoms with Crippen LogP contribution in [0.5, 0.6) is 0 Å². The summed E-state index contributed by atoms with van der Waals surface area (Å²) in [6.45, 7) is 4.19. The van der Waals surface area contributed by atoms with Crippen molar-refractivity contribution in [2.75, 3.05) is 31.1 Å². The molecule has 0 N–H and O–H groups in total. The first-order valence-electron chi connectivity index (χ1n) is 8.48. The minimum Gasteiger partial charge on any atom is -0.362 e. The molecule has 1 aliphatic rings. The van der Waals surface area contributed by atoms with Crippen LogP contribution in [0.1, 0.15) is 12.1 Å². The molecule has 2 heterocycles. The molecule has 1 amide bonds. The largest absolute Gasteiger partial charge is 0.362 e. The van der Waals surface area contributed by atoms with Crippen LogP contribution in [0.15, 0.2) is 28.4 Å². The second-order valence-electron chi connectivity index (χ2n) is 6.30. The van der Waals surface area contributed by atoms with Gasteiger partial charge < -0.3 is 14.4 Å². The number of amides is 1. The highest BCUT2D eigenvalue weighted by atomic mass is 35.5. The van der Waals surface area contributed by atoms with Gasteiger partial charge in [0.15, 0.2) is 0 Å². The highest BCUT2D eigenvalue weighted by Gasteiger charge is 2.26. The van der Waals surface area contributed by atoms with E-state index in [-0.39, 0.29) is 22.9 Å². The van der Waals surface area contributed by atoms with Crippen molar-refractivity contribution in [1.82, 2.24) is 9.47 Å². The average Bonchev–Trinajstić information content (AvgIpc) is 2.97. The van der Waals surface area contributed by atoms with E-state index >= 15 is 0 Å². The molecule has 3 rings (SSSR count). The summed E-state index contributed by atoms with van der Waals surface area (Å²) in [6.07, 6.45) is 0.262. The molecule has 2 aromatic rings. The van der Waals surface area contributed by atoms with Gasteiger partial charge in [0.25, 0.3) is 5.69 Å². The van der Waals surface area contributed by atoms with E-state index in [1.807, 2.05) is 11.8 Å². The third-order valence-corrected chi connectivity index (χ3v) is 5.75. The number of hydrogen-bond donors (Lipinski definition) is 0. The van der Waals surface area contributed by atoms with Crippen LogP contribution in [-0.2, 0) is 11.3 Å². The lowest BCUT2D eigenvalue weighted by atomic mass is 10.2. The quantitative estimate of drug-likeness (QED) is 0.558. The Balaban J connectivity index is 1.60. The molecule has 1 aromatic heterocycles. The zero-order valence-electron chi connectivity index (χ0n) is 14.8. The molecule has 0 bridgehead atoms. The van der Waals surface area contributed by atoms with Crippen LogP contribution >= 0.6 is 22.9 Å². The number of anilines is 1. The maximum absolute atomic E-state index is 12.4. The molecule has 0 aliphatic carbocycles. The fourth-order valence-corrected chi connectivity index (χ4v) is 4.07. The third kappa shape index (κ3) is 4.30. The van der Waals surface area contributed by atoms with Crippen LogP contribution in [0.2, 0.25) is 5.02 Å². The van der Waals surface area contributed by atoms with E-state index in [4.69, 9.17) is 11.6 Å². The van der Waals surface area contributed by atoms with Crippen LogP contribution in [0.4, 0.5) is 11.4 Å². The van der Waals surface area contributed by atoms with Crippen molar-refractivity contribution in [2.45, 2.75) is 19.9 Å². The Labute approximate surface area is 164 Å². The van der Waals surface area contributed by atoms with E-state index in [2.05, 4.69) is 0 Å². The fourth-order valence-electron chi connectivity index (χ4n) is 3.15. The molecular formula is C17H19ClN4O4S. The van der Waals surface area contributed by atoms with Crippen LogP contribution in [0, 0.1) is 17.0 Å². The maximum Gasteiger partial charge on any atom is 0.307 e. The summed E-state index contributed by atoms with van der Waals surface area (Å²) < 4.78 is 1.61. The minimum atomic E-state index is -0.445. The van der Waals surface area contributed by atoms with Gasteiger partial charge >= 0.3 is 4.87 Å². The Hall–Kier alpha value is -2.39. The van der Waals surface area contributed by atoms with Gasteiger partial charge in [0.2, 0.25) is 5.91 Å². The van der Waals surface area contributed by atoms with Crippen molar-refractivity contribution in [3.05, 3.63) is 54.1 Å². The number of aryl methyl sites for hydroxylation is 1. The van der Waals surface area contributed by atoms with E-state index in [0.29, 0.717) is 43.4 Å². The zero-order valence-corrected chi connectivity index (χ0v) is 16.3. The number of carbonyl (C=O) groups is 1. The summed E-state index contributed by atoms with van der Waals surface area (Å²) in [6, 6.07) is 4.61. The molecular weight excluding hydrogens is 392 g/mol. The van der Waals surface area contributed by atoms with Crippen molar-refractivity contribution in [1.29, 1.82) is 0 Å². The molecule has 0 radical (unpaired) electrons. The number of carbonyl (C=O) groups excluding carboxylic acids is 1. The van der Waals surface area contributed by atoms with Gasteiger partial charge in [0.05, 0.1) is 4.92 Å². The first kappa shape index (κ1) is 19.4. The van der Waals surface area contributed by atoms with Gasteiger partial charge in [-0.15, -0.1) is 0 Å². The Morgan fingerprint density at radius 2 is 2.00 bits per heavy atom. The lowest BCUT2D eigenvalue weighted by molar-refractivity contribution is -0.384. The minimum absolute atomic E-state index is 0.0160. The average molecular weight is 411 g/mol. The van der Waals surface area contributed by atoms with Crippen LogP contribution in [-0.4, -0.2) is 46.5 Å². The second kappa shape index (κ2) is 8.10. The van der Waals surface area contributed by atoms with E-state index in [0.717, 1.165) is 17.0 Å². The van der Waals surface area contributed by atoms with Crippen LogP contribution in [0.25, 0.3) is 0 Å². The lowest BCUT2D eigenvalue weighted by Crippen LogP contribution is -2.49. The predicted octanol–water partition coefficient (Wildman–Crippen LogP) is 2.52. The van der Waals surface area contributed by atoms with Gasteiger partial charge in [-0.1, -0.05) is 22.9 Å². The number of thiazole rings is 1. The van der Waals surface area contributed by atoms with E-state index < -0.39 is 4.92 Å². The Bertz CT molecular complexity index is 918. The van der Waals surface area contributed by atoms with Crippen LogP contribution < -0.4 is 9.77 Å². The van der Waals surface area contributed by atoms with Crippen molar-refractivity contribution in [3.63, 3.8) is 0 Å². The van der Waals surface area contributed by atoms with Crippen LogP contribution in [0.3, 0.4) is 0 Å². The molecule has 10 heteroatoms. The fraction of sp³-hybridized carbons (Fsp3) is 0.412. The summed E-state index contributed by atoms with van der Waals surface area (Å²) in [5.41, 5.74) is 1.34. The summed E-state index contributed by atoms with van der Waals surface area (Å²) in [5, 5.41) is 13.4. The molecule has 0 saturated carbocycles. The molecule has 1 fully saturated rings. The molecule has 0 unspecified atom stereocenters. The number of piperazine rings is 1. The van der Waals surface area contributed by atoms with Gasteiger partial charge in [-0.25, -0.2) is 0 Å². The summed E-state index contributed by atoms with van der Waals surface area (Å²) in [5.74, 6) is -0.0160. The lowest BCUT2D eigenvalue weighted by Gasteiger charge is -2.36. The number of nitro benzene ring substituents is 1. The first-order chi connectivity index (χ1) is 12.9. The highest BCUT2D eigenvalue weighted by molar-refractivity contribution is 7.07. The monoisotopic (exact) mass is 410 g/mol. The molecule has 144 valence electrons. The number of benzene rings is 1. The number of aromatic nitrogens is 1. The van der Waals surface area contributed by atoms with Crippen molar-refractivity contribution in [3.8, 4) is 0 Å². The molecule has 1 aliphatic heterocycles. The number of nitro groups is 1. The maximum atomic E-state index is 12.4. The third-order valence-electron chi connectivity index (χ3n) is 4.63. The van der Waals surface area contributed by atoms with E-state index in [1.165, 1.54) is 6.07 Å². The first-order valence-corrected chi connectivity index (χ1v) is 9.74. The molecule has 27 heavy (non-hydrogen) atoms. The summed E-state index contributed by atoms with van der Waals surface area (Å²) in [4.78, 5) is 38.6. The number of nitrogens with zero attached hydrogens (tertiary/aromatic N) is 4. The number of hydrogen-bond acceptors (Lipinski definition) is 6. The normalized spacial score (nSPS) is 14.4. The molecule has 1 saturated heterocycles. The smallest absolute Gasteiger partial charge is 0.307 e. The number of halogens is 1. The Morgan fingerprint density at radius 1 is 1.30 bits per heavy atom. The van der Waals surface area contributed by atoms with Crippen molar-refractivity contribution in [2.24, 2.45) is 0 Å². The topological polar surface area (TPSA) is 88.7 Å². The summed E-state index contributed by atoms with van der Waals surface area (Å²) >= 11 is 7.00. The van der Waals surface area contributed by atoms with E-state index in [1.54, 1.807) is 27.0 Å². The molecule has 0 atom stereocenters. The summed E-state index contributed by atoms with van der Waals surface area (Å²) in [7, 11) is 0. The van der Waals surface area contributed by atoms with Crippen molar-refractivity contribution >= 4 is 40.2 Å². The number of rotatable bonds is 5. The molecule has 8 nitrogen and oxygen atoms in total. The van der Waals surface area contributed by atoms with E-state index in [9.17, 15) is 19.7 Å². The van der Waals surface area contributed by atoms with Gasteiger partial charge in [-0.05, 0) is 19.1 Å². The zero-order chi connectivity index (χ0) is 19.6. The van der Waals surface area contributed by atoms with Gasteiger partial charge in [-0.3, -0.25) is 19.7 Å². The molecule has 0 spiro atoms. The van der Waals surface area contributed by atoms with Crippen molar-refractivity contribution < 1.29 is 9.72 Å². The van der Waals surface area contributed by atoms with Gasteiger partial charge in [0.1, 0.15) is 5.69 Å². The Kier molecular flexibility index (Phi) is 5.81. The predicted molar refractivity (Wildman–Crippen MR) is 105 cm³/mol. The molecule has 1 aromatic carbocycles. The van der Waals surface area contributed by atoms with Gasteiger partial charge in [-0.2, -0.15) is 0 Å².